The Morgan fingerprint density at radius 3 is 2.70 bits per heavy atom. The Balaban J connectivity index is 2.14. The molecule has 0 aliphatic carbocycles. The number of para-hydroxylation sites is 1. The van der Waals surface area contributed by atoms with Crippen molar-refractivity contribution in [2.75, 3.05) is 31.4 Å². The molecule has 0 aliphatic heterocycles. The molecule has 4 nitrogen and oxygen atoms in total. The van der Waals surface area contributed by atoms with Gasteiger partial charge >= 0.3 is 0 Å². The molecule has 0 atom stereocenters. The second kappa shape index (κ2) is 6.61. The summed E-state index contributed by atoms with van der Waals surface area (Å²) < 4.78 is 5.35. The van der Waals surface area contributed by atoms with Crippen LogP contribution in [0.3, 0.4) is 0 Å². The third-order valence-electron chi connectivity index (χ3n) is 3.06. The number of hydrogen-bond acceptors (Lipinski definition) is 5. The average Bonchev–Trinajstić information content (AvgIpc) is 2.89. The molecule has 20 heavy (non-hydrogen) atoms. The molecule has 1 heterocycles. The van der Waals surface area contributed by atoms with Crippen LogP contribution in [0.2, 0.25) is 0 Å². The predicted molar refractivity (Wildman–Crippen MR) is 86.1 cm³/mol. The lowest BCUT2D eigenvalue weighted by atomic mass is 10.1. The highest BCUT2D eigenvalue weighted by Crippen LogP contribution is 2.31. The molecule has 0 amide bonds. The van der Waals surface area contributed by atoms with Crippen molar-refractivity contribution in [1.29, 1.82) is 0 Å². The minimum atomic E-state index is 0.708. The fourth-order valence-corrected chi connectivity index (χ4v) is 2.86. The SMILES string of the molecule is CCc1ccccc1NCc1sc(N(C)C)nc1OC. The van der Waals surface area contributed by atoms with E-state index in [0.29, 0.717) is 5.88 Å². The first kappa shape index (κ1) is 14.7. The van der Waals surface area contributed by atoms with Crippen LogP contribution in [0.25, 0.3) is 0 Å². The first-order valence-electron chi connectivity index (χ1n) is 6.68. The highest BCUT2D eigenvalue weighted by Gasteiger charge is 2.13. The minimum Gasteiger partial charge on any atom is -0.480 e. The van der Waals surface area contributed by atoms with Crippen LogP contribution in [0.15, 0.2) is 24.3 Å². The Morgan fingerprint density at radius 2 is 2.05 bits per heavy atom. The van der Waals surface area contributed by atoms with E-state index in [4.69, 9.17) is 4.74 Å². The number of aryl methyl sites for hydroxylation is 1. The number of rotatable bonds is 6. The smallest absolute Gasteiger partial charge is 0.231 e. The first-order chi connectivity index (χ1) is 9.65. The van der Waals surface area contributed by atoms with Crippen LogP contribution < -0.4 is 15.0 Å². The van der Waals surface area contributed by atoms with Gasteiger partial charge in [-0.3, -0.25) is 0 Å². The van der Waals surface area contributed by atoms with Crippen molar-refractivity contribution in [2.45, 2.75) is 19.9 Å². The fraction of sp³-hybridized carbons (Fsp3) is 0.400. The second-order valence-electron chi connectivity index (χ2n) is 4.69. The molecule has 2 rings (SSSR count). The Morgan fingerprint density at radius 1 is 1.30 bits per heavy atom. The molecule has 1 N–H and O–H groups in total. The molecule has 0 bridgehead atoms. The van der Waals surface area contributed by atoms with Crippen molar-refractivity contribution in [1.82, 2.24) is 4.98 Å². The number of aromatic nitrogens is 1. The van der Waals surface area contributed by atoms with Gasteiger partial charge in [-0.1, -0.05) is 36.5 Å². The summed E-state index contributed by atoms with van der Waals surface area (Å²) in [5.41, 5.74) is 2.50. The topological polar surface area (TPSA) is 37.4 Å². The number of thiazole rings is 1. The summed E-state index contributed by atoms with van der Waals surface area (Å²) in [4.78, 5) is 7.58. The van der Waals surface area contributed by atoms with Gasteiger partial charge in [0.25, 0.3) is 0 Å². The molecule has 0 spiro atoms. The summed E-state index contributed by atoms with van der Waals surface area (Å²) in [7, 11) is 5.64. The molecule has 1 aromatic carbocycles. The summed E-state index contributed by atoms with van der Waals surface area (Å²) in [6.07, 6.45) is 1.02. The van der Waals surface area contributed by atoms with E-state index in [9.17, 15) is 0 Å². The lowest BCUT2D eigenvalue weighted by Crippen LogP contribution is -2.07. The fourth-order valence-electron chi connectivity index (χ4n) is 1.96. The van der Waals surface area contributed by atoms with Crippen molar-refractivity contribution < 1.29 is 4.74 Å². The zero-order valence-corrected chi connectivity index (χ0v) is 13.3. The molecule has 0 saturated heterocycles. The number of anilines is 2. The molecule has 0 saturated carbocycles. The van der Waals surface area contributed by atoms with Gasteiger partial charge in [-0.05, 0) is 18.1 Å². The van der Waals surface area contributed by atoms with Crippen LogP contribution >= 0.6 is 11.3 Å². The van der Waals surface area contributed by atoms with Gasteiger partial charge in [0.05, 0.1) is 18.5 Å². The standard InChI is InChI=1S/C15H21N3OS/c1-5-11-8-6-7-9-12(11)16-10-13-14(19-4)17-15(20-13)18(2)3/h6-9,16H,5,10H2,1-4H3. The first-order valence-corrected chi connectivity index (χ1v) is 7.50. The summed E-state index contributed by atoms with van der Waals surface area (Å²) >= 11 is 1.65. The van der Waals surface area contributed by atoms with Crippen molar-refractivity contribution in [3.63, 3.8) is 0 Å². The Labute approximate surface area is 124 Å². The van der Waals surface area contributed by atoms with Crippen molar-refractivity contribution in [3.05, 3.63) is 34.7 Å². The van der Waals surface area contributed by atoms with Crippen LogP contribution in [0.1, 0.15) is 17.4 Å². The zero-order chi connectivity index (χ0) is 14.5. The third kappa shape index (κ3) is 3.22. The van der Waals surface area contributed by atoms with E-state index in [1.165, 1.54) is 11.3 Å². The molecule has 0 fully saturated rings. The van der Waals surface area contributed by atoms with Gasteiger partial charge in [0.1, 0.15) is 0 Å². The van der Waals surface area contributed by atoms with E-state index in [2.05, 4.69) is 41.5 Å². The van der Waals surface area contributed by atoms with Gasteiger partial charge in [-0.2, -0.15) is 4.98 Å². The van der Waals surface area contributed by atoms with Gasteiger partial charge in [-0.15, -0.1) is 0 Å². The monoisotopic (exact) mass is 291 g/mol. The van der Waals surface area contributed by atoms with Crippen molar-refractivity contribution >= 4 is 22.2 Å². The maximum atomic E-state index is 5.35. The molecule has 0 radical (unpaired) electrons. The van der Waals surface area contributed by atoms with Crippen molar-refractivity contribution in [2.24, 2.45) is 0 Å². The number of benzene rings is 1. The number of methoxy groups -OCH3 is 1. The summed E-state index contributed by atoms with van der Waals surface area (Å²) in [6, 6.07) is 8.38. The summed E-state index contributed by atoms with van der Waals surface area (Å²) in [5, 5.41) is 4.44. The summed E-state index contributed by atoms with van der Waals surface area (Å²) in [6.45, 7) is 2.89. The molecular formula is C15H21N3OS. The van der Waals surface area contributed by atoms with Gasteiger partial charge in [0.15, 0.2) is 5.13 Å². The Kier molecular flexibility index (Phi) is 4.84. The van der Waals surface area contributed by atoms with Crippen LogP contribution in [0, 0.1) is 0 Å². The van der Waals surface area contributed by atoms with E-state index < -0.39 is 0 Å². The van der Waals surface area contributed by atoms with Gasteiger partial charge in [0.2, 0.25) is 5.88 Å². The lowest BCUT2D eigenvalue weighted by Gasteiger charge is -2.10. The van der Waals surface area contributed by atoms with Crippen LogP contribution in [-0.4, -0.2) is 26.2 Å². The average molecular weight is 291 g/mol. The van der Waals surface area contributed by atoms with E-state index in [-0.39, 0.29) is 0 Å². The van der Waals surface area contributed by atoms with E-state index in [0.717, 1.165) is 23.0 Å². The molecular weight excluding hydrogens is 270 g/mol. The number of nitrogens with one attached hydrogen (secondary N) is 1. The predicted octanol–water partition coefficient (Wildman–Crippen LogP) is 3.39. The largest absolute Gasteiger partial charge is 0.480 e. The zero-order valence-electron chi connectivity index (χ0n) is 12.4. The Bertz CT molecular complexity index is 566. The van der Waals surface area contributed by atoms with E-state index >= 15 is 0 Å². The maximum absolute atomic E-state index is 5.35. The van der Waals surface area contributed by atoms with Crippen molar-refractivity contribution in [3.8, 4) is 5.88 Å². The summed E-state index contributed by atoms with van der Waals surface area (Å²) in [5.74, 6) is 0.708. The number of hydrogen-bond donors (Lipinski definition) is 1. The number of nitrogens with zero attached hydrogens (tertiary/aromatic N) is 2. The lowest BCUT2D eigenvalue weighted by molar-refractivity contribution is 0.397. The normalized spacial score (nSPS) is 10.4. The van der Waals surface area contributed by atoms with Crippen LogP contribution in [0.4, 0.5) is 10.8 Å². The van der Waals surface area contributed by atoms with E-state index in [1.54, 1.807) is 18.4 Å². The third-order valence-corrected chi connectivity index (χ3v) is 4.27. The molecule has 5 heteroatoms. The Hall–Kier alpha value is -1.75. The molecule has 0 aliphatic rings. The molecule has 2 aromatic rings. The second-order valence-corrected chi connectivity index (χ2v) is 5.75. The van der Waals surface area contributed by atoms with Crippen LogP contribution in [0.5, 0.6) is 5.88 Å². The minimum absolute atomic E-state index is 0.708. The van der Waals surface area contributed by atoms with Crippen LogP contribution in [-0.2, 0) is 13.0 Å². The van der Waals surface area contributed by atoms with Gasteiger partial charge < -0.3 is 15.0 Å². The molecule has 1 aromatic heterocycles. The molecule has 108 valence electrons. The highest BCUT2D eigenvalue weighted by atomic mass is 32.1. The van der Waals surface area contributed by atoms with Gasteiger partial charge in [0, 0.05) is 19.8 Å². The van der Waals surface area contributed by atoms with Gasteiger partial charge in [-0.25, -0.2) is 0 Å². The number of ether oxygens (including phenoxy) is 1. The maximum Gasteiger partial charge on any atom is 0.231 e. The quantitative estimate of drug-likeness (QED) is 0.885. The molecule has 0 unspecified atom stereocenters. The highest BCUT2D eigenvalue weighted by molar-refractivity contribution is 7.15. The van der Waals surface area contributed by atoms with E-state index in [1.807, 2.05) is 19.0 Å².